The Balaban J connectivity index is 1.56. The molecule has 3 aromatic carbocycles. The third-order valence-corrected chi connectivity index (χ3v) is 6.29. The molecule has 5 N–H and O–H groups in total. The van der Waals surface area contributed by atoms with Crippen LogP contribution < -0.4 is 21.1 Å². The number of carbonyl (C=O) groups excluding carboxylic acids is 1. The number of aromatic nitrogens is 2. The average Bonchev–Trinajstić information content (AvgIpc) is 3.33. The largest absolute Gasteiger partial charge is 0.497 e. The van der Waals surface area contributed by atoms with Crippen LogP contribution in [0.25, 0.3) is 11.3 Å². The van der Waals surface area contributed by atoms with Crippen molar-refractivity contribution in [1.82, 2.24) is 9.78 Å². The number of hydrogen-bond donors (Lipinski definition) is 4. The monoisotopic (exact) mass is 496 g/mol. The van der Waals surface area contributed by atoms with Crippen LogP contribution in [0.1, 0.15) is 24.1 Å². The van der Waals surface area contributed by atoms with E-state index in [9.17, 15) is 9.18 Å². The van der Waals surface area contributed by atoms with E-state index in [2.05, 4.69) is 10.6 Å². The van der Waals surface area contributed by atoms with Gasteiger partial charge in [-0.3, -0.25) is 4.79 Å². The number of rotatable bonds is 6. The van der Waals surface area contributed by atoms with Gasteiger partial charge in [-0.15, -0.1) is 0 Å². The summed E-state index contributed by atoms with van der Waals surface area (Å²) in [6.07, 6.45) is 1.13. The Labute approximate surface area is 213 Å². The molecule has 8 nitrogen and oxygen atoms in total. The van der Waals surface area contributed by atoms with Gasteiger partial charge in [-0.1, -0.05) is 12.1 Å². The summed E-state index contributed by atoms with van der Waals surface area (Å²) < 4.78 is 20.8. The number of halogens is 1. The molecule has 1 aliphatic rings. The van der Waals surface area contributed by atoms with Gasteiger partial charge in [-0.25, -0.2) is 9.07 Å². The summed E-state index contributed by atoms with van der Waals surface area (Å²) in [6.45, 7) is 1.82. The van der Waals surface area contributed by atoms with Crippen LogP contribution in [0.4, 0.5) is 21.6 Å². The molecule has 1 aromatic heterocycles. The molecule has 1 unspecified atom stereocenters. The molecule has 4 aromatic rings. The maximum Gasteiger partial charge on any atom is 0.255 e. The highest BCUT2D eigenvalue weighted by atomic mass is 19.1. The molecule has 2 heterocycles. The van der Waals surface area contributed by atoms with E-state index in [1.807, 2.05) is 37.3 Å². The first-order valence-corrected chi connectivity index (χ1v) is 11.6. The molecule has 0 saturated heterocycles. The van der Waals surface area contributed by atoms with Gasteiger partial charge in [-0.05, 0) is 67.1 Å². The maximum absolute atomic E-state index is 13.8. The Morgan fingerprint density at radius 1 is 1.14 bits per heavy atom. The highest BCUT2D eigenvalue weighted by molar-refractivity contribution is 6.06. The summed E-state index contributed by atoms with van der Waals surface area (Å²) >= 11 is 0. The van der Waals surface area contributed by atoms with E-state index >= 15 is 0 Å². The Bertz CT molecular complexity index is 1520. The molecule has 0 aliphatic carbocycles. The van der Waals surface area contributed by atoms with Crippen molar-refractivity contribution in [3.63, 3.8) is 0 Å². The molecule has 1 aliphatic heterocycles. The number of nitrogens with zero attached hydrogens (tertiary/aromatic N) is 2. The molecule has 0 fully saturated rings. The number of allylic oxidation sites excluding steroid dienone is 1. The van der Waals surface area contributed by atoms with Crippen molar-refractivity contribution >= 4 is 29.3 Å². The molecule has 0 bridgehead atoms. The quantitative estimate of drug-likeness (QED) is 0.216. The molecule has 186 valence electrons. The summed E-state index contributed by atoms with van der Waals surface area (Å²) in [5, 5.41) is 18.6. The van der Waals surface area contributed by atoms with Crippen molar-refractivity contribution in [2.75, 3.05) is 23.5 Å². The average molecular weight is 497 g/mol. The van der Waals surface area contributed by atoms with Crippen LogP contribution in [0.5, 0.6) is 5.75 Å². The number of benzene rings is 3. The summed E-state index contributed by atoms with van der Waals surface area (Å²) in [5.74, 6) is 0.713. The minimum atomic E-state index is -0.611. The van der Waals surface area contributed by atoms with E-state index in [1.54, 1.807) is 42.1 Å². The van der Waals surface area contributed by atoms with E-state index < -0.39 is 6.04 Å². The van der Waals surface area contributed by atoms with Gasteiger partial charge >= 0.3 is 0 Å². The van der Waals surface area contributed by atoms with Crippen molar-refractivity contribution in [2.45, 2.75) is 13.0 Å². The molecule has 0 saturated carbocycles. The smallest absolute Gasteiger partial charge is 0.255 e. The lowest BCUT2D eigenvalue weighted by Gasteiger charge is -2.29. The van der Waals surface area contributed by atoms with Gasteiger partial charge in [0, 0.05) is 40.5 Å². The topological polar surface area (TPSA) is 118 Å². The Kier molecular flexibility index (Phi) is 6.19. The normalized spacial score (nSPS) is 14.5. The minimum Gasteiger partial charge on any atom is -0.497 e. The van der Waals surface area contributed by atoms with Crippen LogP contribution in [0, 0.1) is 11.2 Å². The van der Waals surface area contributed by atoms with Gasteiger partial charge < -0.3 is 26.5 Å². The number of hydrogen-bond acceptors (Lipinski definition) is 6. The third kappa shape index (κ3) is 4.54. The minimum absolute atomic E-state index is 0.354. The van der Waals surface area contributed by atoms with Crippen LogP contribution in [-0.4, -0.2) is 29.0 Å². The van der Waals surface area contributed by atoms with Crippen molar-refractivity contribution in [2.24, 2.45) is 0 Å². The van der Waals surface area contributed by atoms with Crippen LogP contribution in [-0.2, 0) is 4.79 Å². The Hall–Kier alpha value is -4.92. The van der Waals surface area contributed by atoms with E-state index in [4.69, 9.17) is 21.0 Å². The number of anilines is 3. The number of carbonyl (C=O) groups is 1. The van der Waals surface area contributed by atoms with Gasteiger partial charge in [-0.2, -0.15) is 5.10 Å². The molecular formula is C28H25FN6O2. The van der Waals surface area contributed by atoms with Crippen molar-refractivity contribution in [3.05, 3.63) is 101 Å². The predicted molar refractivity (Wildman–Crippen MR) is 142 cm³/mol. The fourth-order valence-electron chi connectivity index (χ4n) is 4.40. The van der Waals surface area contributed by atoms with Gasteiger partial charge in [0.1, 0.15) is 23.4 Å². The second-order valence-electron chi connectivity index (χ2n) is 8.65. The van der Waals surface area contributed by atoms with Crippen LogP contribution in [0.2, 0.25) is 0 Å². The first-order valence-electron chi connectivity index (χ1n) is 11.6. The number of fused-ring (bicyclic) bond motifs is 1. The lowest BCUT2D eigenvalue weighted by molar-refractivity contribution is -0.113. The molecule has 9 heteroatoms. The number of ether oxygens (including phenoxy) is 1. The van der Waals surface area contributed by atoms with Crippen LogP contribution in [0.15, 0.2) is 84.1 Å². The van der Waals surface area contributed by atoms with E-state index in [1.165, 1.54) is 12.1 Å². The summed E-state index contributed by atoms with van der Waals surface area (Å²) in [7, 11) is 1.61. The van der Waals surface area contributed by atoms with E-state index in [-0.39, 0.29) is 11.7 Å². The zero-order valence-corrected chi connectivity index (χ0v) is 20.2. The number of methoxy groups -OCH3 is 1. The van der Waals surface area contributed by atoms with Crippen LogP contribution >= 0.6 is 0 Å². The Morgan fingerprint density at radius 3 is 2.54 bits per heavy atom. The fourth-order valence-corrected chi connectivity index (χ4v) is 4.40. The SMILES string of the molecule is COc1ccc(-c2cc3n(n2)C(c2ccc(F)cc2)C(C(=O)Nc2ccc(N)c(C=N)c2)=C(C)N3)cc1. The number of amides is 1. The molecule has 0 spiro atoms. The first-order chi connectivity index (χ1) is 17.9. The highest BCUT2D eigenvalue weighted by Crippen LogP contribution is 2.38. The number of nitrogen functional groups attached to an aromatic ring is 1. The second-order valence-corrected chi connectivity index (χ2v) is 8.65. The van der Waals surface area contributed by atoms with Gasteiger partial charge in [0.15, 0.2) is 0 Å². The summed E-state index contributed by atoms with van der Waals surface area (Å²) in [4.78, 5) is 13.6. The lowest BCUT2D eigenvalue weighted by atomic mass is 9.94. The Morgan fingerprint density at radius 2 is 1.86 bits per heavy atom. The molecule has 5 rings (SSSR count). The zero-order valence-electron chi connectivity index (χ0n) is 20.2. The first kappa shape index (κ1) is 23.8. The van der Waals surface area contributed by atoms with Gasteiger partial charge in [0.05, 0.1) is 18.4 Å². The summed E-state index contributed by atoms with van der Waals surface area (Å²) in [6, 6.07) is 19.8. The maximum atomic E-state index is 13.8. The third-order valence-electron chi connectivity index (χ3n) is 6.29. The molecule has 0 radical (unpaired) electrons. The highest BCUT2D eigenvalue weighted by Gasteiger charge is 2.33. The van der Waals surface area contributed by atoms with Crippen molar-refractivity contribution in [3.8, 4) is 17.0 Å². The fraction of sp³-hybridized carbons (Fsp3) is 0.107. The second kappa shape index (κ2) is 9.62. The predicted octanol–water partition coefficient (Wildman–Crippen LogP) is 5.21. The molecule has 1 amide bonds. The number of nitrogens with one attached hydrogen (secondary N) is 3. The number of nitrogens with two attached hydrogens (primary N) is 1. The van der Waals surface area contributed by atoms with Gasteiger partial charge in [0.25, 0.3) is 5.91 Å². The molecule has 37 heavy (non-hydrogen) atoms. The lowest BCUT2D eigenvalue weighted by Crippen LogP contribution is -2.31. The summed E-state index contributed by atoms with van der Waals surface area (Å²) in [5.41, 5.74) is 10.7. The molecule has 1 atom stereocenters. The molecular weight excluding hydrogens is 471 g/mol. The van der Waals surface area contributed by atoms with E-state index in [0.717, 1.165) is 17.5 Å². The standard InChI is InChI=1S/C28H25FN6O2/c1-16-26(28(36)33-21-9-12-23(31)19(13-21)15-30)27(18-3-7-20(29)8-4-18)35-25(32-16)14-24(34-35)17-5-10-22(37-2)11-6-17/h3-15,27,30,32H,31H2,1-2H3,(H,33,36). The van der Waals surface area contributed by atoms with Crippen molar-refractivity contribution < 1.29 is 13.9 Å². The van der Waals surface area contributed by atoms with E-state index in [0.29, 0.717) is 45.3 Å². The zero-order chi connectivity index (χ0) is 26.1. The van der Waals surface area contributed by atoms with Gasteiger partial charge in [0.2, 0.25) is 0 Å². The van der Waals surface area contributed by atoms with Crippen LogP contribution in [0.3, 0.4) is 0 Å². The van der Waals surface area contributed by atoms with Crippen molar-refractivity contribution in [1.29, 1.82) is 5.41 Å².